The molecule has 0 unspecified atom stereocenters. The molecule has 0 saturated carbocycles. The maximum absolute atomic E-state index is 12.4. The number of aryl methyl sites for hydroxylation is 1. The first-order chi connectivity index (χ1) is 13.1. The molecule has 3 aromatic rings. The van der Waals surface area contributed by atoms with Crippen molar-refractivity contribution < 1.29 is 14.3 Å². The van der Waals surface area contributed by atoms with E-state index in [1.165, 1.54) is 10.9 Å². The van der Waals surface area contributed by atoms with Crippen LogP contribution in [0, 0.1) is 0 Å². The average molecular weight is 365 g/mol. The summed E-state index contributed by atoms with van der Waals surface area (Å²) in [5.41, 5.74) is 1.09. The molecule has 0 aliphatic rings. The minimum absolute atomic E-state index is 0.0666. The lowest BCUT2D eigenvalue weighted by Gasteiger charge is -2.11. The van der Waals surface area contributed by atoms with Crippen LogP contribution in [0.2, 0.25) is 0 Å². The van der Waals surface area contributed by atoms with Gasteiger partial charge in [-0.1, -0.05) is 24.3 Å². The third kappa shape index (κ3) is 4.20. The normalized spacial score (nSPS) is 10.6. The molecule has 3 rings (SSSR count). The third-order valence-electron chi connectivity index (χ3n) is 4.01. The topological polar surface area (TPSA) is 90.3 Å². The van der Waals surface area contributed by atoms with Crippen molar-refractivity contribution >= 4 is 28.5 Å². The molecular formula is C20H19N3O4. The van der Waals surface area contributed by atoms with Crippen molar-refractivity contribution in [2.45, 2.75) is 19.9 Å². The number of nitrogens with zero attached hydrogens (tertiary/aromatic N) is 2. The Morgan fingerprint density at radius 3 is 2.67 bits per heavy atom. The predicted molar refractivity (Wildman–Crippen MR) is 102 cm³/mol. The summed E-state index contributed by atoms with van der Waals surface area (Å²) in [7, 11) is 0. The van der Waals surface area contributed by atoms with Gasteiger partial charge in [0.2, 0.25) is 5.91 Å². The van der Waals surface area contributed by atoms with Crippen LogP contribution in [0.5, 0.6) is 0 Å². The molecule has 0 aliphatic heterocycles. The molecule has 0 atom stereocenters. The van der Waals surface area contributed by atoms with Gasteiger partial charge < -0.3 is 10.1 Å². The number of para-hydroxylation sites is 2. The highest BCUT2D eigenvalue weighted by Crippen LogP contribution is 2.16. The monoisotopic (exact) mass is 365 g/mol. The SMILES string of the molecule is CCOC(=O)c1ccccc1NC(=O)CCn1cnc2ccccc2c1=O. The Morgan fingerprint density at radius 2 is 1.85 bits per heavy atom. The standard InChI is InChI=1S/C20H19N3O4/c1-2-27-20(26)15-8-4-6-10-17(15)22-18(24)11-12-23-13-21-16-9-5-3-7-14(16)19(23)25/h3-10,13H,2,11-12H2,1H3,(H,22,24). The highest BCUT2D eigenvalue weighted by atomic mass is 16.5. The van der Waals surface area contributed by atoms with Gasteiger partial charge in [-0.15, -0.1) is 0 Å². The van der Waals surface area contributed by atoms with E-state index in [2.05, 4.69) is 10.3 Å². The van der Waals surface area contributed by atoms with Crippen LogP contribution in [-0.4, -0.2) is 28.0 Å². The van der Waals surface area contributed by atoms with Gasteiger partial charge in [-0.3, -0.25) is 14.2 Å². The number of hydrogen-bond donors (Lipinski definition) is 1. The number of amides is 1. The number of nitrogens with one attached hydrogen (secondary N) is 1. The summed E-state index contributed by atoms with van der Waals surface area (Å²) >= 11 is 0. The molecule has 0 saturated heterocycles. The van der Waals surface area contributed by atoms with Crippen LogP contribution in [0.4, 0.5) is 5.69 Å². The van der Waals surface area contributed by atoms with Gasteiger partial charge >= 0.3 is 5.97 Å². The first-order valence-corrected chi connectivity index (χ1v) is 8.60. The van der Waals surface area contributed by atoms with Gasteiger partial charge in [-0.25, -0.2) is 9.78 Å². The zero-order valence-corrected chi connectivity index (χ0v) is 14.8. The van der Waals surface area contributed by atoms with Crippen LogP contribution in [-0.2, 0) is 16.1 Å². The van der Waals surface area contributed by atoms with Crippen LogP contribution >= 0.6 is 0 Å². The maximum atomic E-state index is 12.4. The molecule has 1 N–H and O–H groups in total. The number of anilines is 1. The van der Waals surface area contributed by atoms with Gasteiger partial charge in [-0.2, -0.15) is 0 Å². The van der Waals surface area contributed by atoms with Crippen molar-refractivity contribution in [3.8, 4) is 0 Å². The van der Waals surface area contributed by atoms with Crippen LogP contribution in [0.15, 0.2) is 59.7 Å². The Morgan fingerprint density at radius 1 is 1.11 bits per heavy atom. The van der Waals surface area contributed by atoms with Crippen molar-refractivity contribution in [2.24, 2.45) is 0 Å². The third-order valence-corrected chi connectivity index (χ3v) is 4.01. The summed E-state index contributed by atoms with van der Waals surface area (Å²) in [6.45, 7) is 2.15. The van der Waals surface area contributed by atoms with E-state index in [1.54, 1.807) is 49.4 Å². The highest BCUT2D eigenvalue weighted by molar-refractivity contribution is 6.01. The molecule has 7 heteroatoms. The average Bonchev–Trinajstić information content (AvgIpc) is 2.68. The van der Waals surface area contributed by atoms with E-state index < -0.39 is 5.97 Å². The minimum atomic E-state index is -0.497. The van der Waals surface area contributed by atoms with Gasteiger partial charge in [0.25, 0.3) is 5.56 Å². The van der Waals surface area contributed by atoms with Gasteiger partial charge in [0.15, 0.2) is 0 Å². The molecule has 27 heavy (non-hydrogen) atoms. The molecule has 1 aromatic heterocycles. The summed E-state index contributed by atoms with van der Waals surface area (Å²) in [4.78, 5) is 40.9. The van der Waals surface area contributed by atoms with Crippen molar-refractivity contribution in [1.29, 1.82) is 0 Å². The first kappa shape index (κ1) is 18.3. The second-order valence-electron chi connectivity index (χ2n) is 5.82. The lowest BCUT2D eigenvalue weighted by molar-refractivity contribution is -0.116. The first-order valence-electron chi connectivity index (χ1n) is 8.60. The number of aromatic nitrogens is 2. The lowest BCUT2D eigenvalue weighted by Crippen LogP contribution is -2.24. The summed E-state index contributed by atoms with van der Waals surface area (Å²) < 4.78 is 6.39. The van der Waals surface area contributed by atoms with Crippen molar-refractivity contribution in [2.75, 3.05) is 11.9 Å². The second kappa shape index (κ2) is 8.27. The van der Waals surface area contributed by atoms with E-state index >= 15 is 0 Å². The summed E-state index contributed by atoms with van der Waals surface area (Å²) in [5.74, 6) is -0.810. The van der Waals surface area contributed by atoms with E-state index in [9.17, 15) is 14.4 Å². The Hall–Kier alpha value is -3.48. The predicted octanol–water partition coefficient (Wildman–Crippen LogP) is 2.60. The highest BCUT2D eigenvalue weighted by Gasteiger charge is 2.14. The van der Waals surface area contributed by atoms with E-state index in [0.717, 1.165) is 0 Å². The fourth-order valence-electron chi connectivity index (χ4n) is 2.68. The van der Waals surface area contributed by atoms with Gasteiger partial charge in [0.1, 0.15) is 0 Å². The van der Waals surface area contributed by atoms with Crippen LogP contribution in [0.1, 0.15) is 23.7 Å². The quantitative estimate of drug-likeness (QED) is 0.678. The van der Waals surface area contributed by atoms with Crippen LogP contribution in [0.3, 0.4) is 0 Å². The number of ether oxygens (including phenoxy) is 1. The Kier molecular flexibility index (Phi) is 5.61. The molecule has 0 fully saturated rings. The zero-order chi connectivity index (χ0) is 19.2. The molecule has 0 bridgehead atoms. The minimum Gasteiger partial charge on any atom is -0.462 e. The molecular weight excluding hydrogens is 346 g/mol. The summed E-state index contributed by atoms with van der Waals surface area (Å²) in [6.07, 6.45) is 1.50. The lowest BCUT2D eigenvalue weighted by atomic mass is 10.1. The van der Waals surface area contributed by atoms with Gasteiger partial charge in [0, 0.05) is 13.0 Å². The molecule has 7 nitrogen and oxygen atoms in total. The van der Waals surface area contributed by atoms with E-state index in [4.69, 9.17) is 4.74 Å². The van der Waals surface area contributed by atoms with E-state index in [-0.39, 0.29) is 36.6 Å². The molecule has 138 valence electrons. The van der Waals surface area contributed by atoms with Crippen molar-refractivity contribution in [1.82, 2.24) is 9.55 Å². The maximum Gasteiger partial charge on any atom is 0.340 e. The molecule has 1 amide bonds. The van der Waals surface area contributed by atoms with Crippen LogP contribution < -0.4 is 10.9 Å². The number of carbonyl (C=O) groups excluding carboxylic acids is 2. The summed E-state index contributed by atoms with van der Waals surface area (Å²) in [6, 6.07) is 13.7. The fourth-order valence-corrected chi connectivity index (χ4v) is 2.68. The van der Waals surface area contributed by atoms with Crippen molar-refractivity contribution in [3.63, 3.8) is 0 Å². The molecule has 1 heterocycles. The van der Waals surface area contributed by atoms with Gasteiger partial charge in [-0.05, 0) is 31.2 Å². The smallest absolute Gasteiger partial charge is 0.340 e. The Labute approximate surface area is 155 Å². The number of hydrogen-bond acceptors (Lipinski definition) is 5. The summed E-state index contributed by atoms with van der Waals surface area (Å²) in [5, 5.41) is 3.21. The molecule has 0 aliphatic carbocycles. The number of benzene rings is 2. The molecule has 0 spiro atoms. The molecule has 2 aromatic carbocycles. The largest absolute Gasteiger partial charge is 0.462 e. The van der Waals surface area contributed by atoms with E-state index in [0.29, 0.717) is 16.6 Å². The Balaban J connectivity index is 1.70. The fraction of sp³-hybridized carbons (Fsp3) is 0.200. The number of carbonyl (C=O) groups is 2. The van der Waals surface area contributed by atoms with Crippen molar-refractivity contribution in [3.05, 3.63) is 70.8 Å². The van der Waals surface area contributed by atoms with E-state index in [1.807, 2.05) is 6.07 Å². The number of rotatable bonds is 6. The van der Waals surface area contributed by atoms with Gasteiger partial charge in [0.05, 0.1) is 35.1 Å². The second-order valence-corrected chi connectivity index (χ2v) is 5.82. The Bertz CT molecular complexity index is 1040. The zero-order valence-electron chi connectivity index (χ0n) is 14.8. The number of fused-ring (bicyclic) bond motifs is 1. The number of esters is 1. The molecule has 0 radical (unpaired) electrons. The van der Waals surface area contributed by atoms with Crippen LogP contribution in [0.25, 0.3) is 10.9 Å².